The topological polar surface area (TPSA) is 77.1 Å². The molecule has 0 bridgehead atoms. The highest BCUT2D eigenvalue weighted by atomic mass is 16.5. The lowest BCUT2D eigenvalue weighted by molar-refractivity contribution is -0.143. The Morgan fingerprint density at radius 3 is 2.31 bits per heavy atom. The minimum Gasteiger partial charge on any atom is -0.466 e. The van der Waals surface area contributed by atoms with Crippen LogP contribution in [0.4, 0.5) is 0 Å². The molecule has 0 aromatic heterocycles. The highest BCUT2D eigenvalue weighted by Gasteiger charge is 2.20. The zero-order valence-corrected chi connectivity index (χ0v) is 28.1. The Morgan fingerprint density at radius 1 is 0.889 bits per heavy atom. The van der Waals surface area contributed by atoms with Gasteiger partial charge in [0.2, 0.25) is 0 Å². The summed E-state index contributed by atoms with van der Waals surface area (Å²) in [6.07, 6.45) is 1.83. The predicted octanol–water partition coefficient (Wildman–Crippen LogP) is 7.37. The predicted molar refractivity (Wildman–Crippen MR) is 180 cm³/mol. The van der Waals surface area contributed by atoms with Crippen molar-refractivity contribution in [1.29, 1.82) is 0 Å². The largest absolute Gasteiger partial charge is 0.466 e. The Labute approximate surface area is 270 Å². The Hall–Kier alpha value is -3.52. The molecule has 1 atom stereocenters. The van der Waals surface area contributed by atoms with Gasteiger partial charge in [-0.2, -0.15) is 0 Å². The molecule has 0 aliphatic carbocycles. The van der Waals surface area contributed by atoms with Crippen LogP contribution in [0.15, 0.2) is 72.8 Å². The first-order valence-electron chi connectivity index (χ1n) is 16.2. The summed E-state index contributed by atoms with van der Waals surface area (Å²) in [6, 6.07) is 24.9. The maximum Gasteiger partial charge on any atom is 0.337 e. The van der Waals surface area contributed by atoms with Gasteiger partial charge in [0, 0.05) is 26.1 Å². The average molecular weight is 617 g/mol. The molecule has 0 heterocycles. The zero-order chi connectivity index (χ0) is 32.7. The van der Waals surface area contributed by atoms with Crippen molar-refractivity contribution in [3.05, 3.63) is 106 Å². The van der Waals surface area contributed by atoms with E-state index in [4.69, 9.17) is 14.2 Å². The van der Waals surface area contributed by atoms with Gasteiger partial charge in [-0.1, -0.05) is 88.4 Å². The number of nitrogens with one attached hydrogen (secondary N) is 1. The van der Waals surface area contributed by atoms with E-state index in [9.17, 15) is 9.59 Å². The van der Waals surface area contributed by atoms with Crippen LogP contribution in [0, 0.1) is 0 Å². The Kier molecular flexibility index (Phi) is 14.7. The van der Waals surface area contributed by atoms with Crippen LogP contribution in [-0.2, 0) is 44.1 Å². The molecule has 3 aromatic rings. The number of methoxy groups -OCH3 is 1. The third-order valence-electron chi connectivity index (χ3n) is 7.76. The van der Waals surface area contributed by atoms with Crippen LogP contribution in [0.3, 0.4) is 0 Å². The molecule has 0 saturated heterocycles. The van der Waals surface area contributed by atoms with Crippen LogP contribution < -0.4 is 5.32 Å². The maximum absolute atomic E-state index is 12.0. The monoisotopic (exact) mass is 616 g/mol. The molecule has 0 spiro atoms. The Balaban J connectivity index is 1.85. The molecule has 7 heteroatoms. The first-order valence-corrected chi connectivity index (χ1v) is 16.2. The lowest BCUT2D eigenvalue weighted by atomic mass is 9.86. The fraction of sp³-hybridized carbons (Fsp3) is 0.474. The summed E-state index contributed by atoms with van der Waals surface area (Å²) >= 11 is 0. The fourth-order valence-electron chi connectivity index (χ4n) is 5.18. The van der Waals surface area contributed by atoms with Crippen LogP contribution >= 0.6 is 0 Å². The molecule has 3 rings (SSSR count). The van der Waals surface area contributed by atoms with Crippen molar-refractivity contribution in [2.75, 3.05) is 33.4 Å². The van der Waals surface area contributed by atoms with E-state index in [0.29, 0.717) is 38.3 Å². The van der Waals surface area contributed by atoms with Crippen molar-refractivity contribution in [1.82, 2.24) is 10.2 Å². The highest BCUT2D eigenvalue weighted by Crippen LogP contribution is 2.26. The maximum atomic E-state index is 12.0. The number of hydrogen-bond acceptors (Lipinski definition) is 7. The van der Waals surface area contributed by atoms with Crippen LogP contribution in [0.2, 0.25) is 0 Å². The number of esters is 2. The van der Waals surface area contributed by atoms with Crippen molar-refractivity contribution in [3.63, 3.8) is 0 Å². The second-order valence-corrected chi connectivity index (χ2v) is 12.5. The van der Waals surface area contributed by atoms with E-state index in [-0.39, 0.29) is 23.5 Å². The summed E-state index contributed by atoms with van der Waals surface area (Å²) < 4.78 is 16.8. The van der Waals surface area contributed by atoms with E-state index < -0.39 is 0 Å². The fourth-order valence-corrected chi connectivity index (χ4v) is 5.18. The van der Waals surface area contributed by atoms with Gasteiger partial charge in [-0.05, 0) is 78.2 Å². The van der Waals surface area contributed by atoms with E-state index in [1.807, 2.05) is 19.1 Å². The summed E-state index contributed by atoms with van der Waals surface area (Å²) in [4.78, 5) is 26.3. The molecule has 7 nitrogen and oxygen atoms in total. The zero-order valence-electron chi connectivity index (χ0n) is 28.1. The van der Waals surface area contributed by atoms with Crippen LogP contribution in [0.25, 0.3) is 0 Å². The molecule has 244 valence electrons. The molecule has 45 heavy (non-hydrogen) atoms. The van der Waals surface area contributed by atoms with Gasteiger partial charge in [0.1, 0.15) is 0 Å². The van der Waals surface area contributed by atoms with E-state index in [1.165, 1.54) is 18.2 Å². The number of benzene rings is 3. The van der Waals surface area contributed by atoms with Crippen LogP contribution in [-0.4, -0.2) is 50.2 Å². The van der Waals surface area contributed by atoms with Gasteiger partial charge in [0.05, 0.1) is 32.0 Å². The smallest absolute Gasteiger partial charge is 0.337 e. The lowest BCUT2D eigenvalue weighted by Gasteiger charge is -2.29. The van der Waals surface area contributed by atoms with Crippen LogP contribution in [0.5, 0.6) is 0 Å². The second-order valence-electron chi connectivity index (χ2n) is 12.5. The standard InChI is InChI=1S/C38H52N2O5/c1-7-39-25-30-13-11-15-33(23-30)35(45-28-31-14-12-16-34(24-31)38(3,4)5)27-40(22-10-9-17-36(41)44-8-2)26-29-18-20-32(21-19-29)37(42)43-6/h11-16,18-21,23-24,35,39H,7-10,17,22,25-28H2,1-6H3/t35-/m0/s1. The summed E-state index contributed by atoms with van der Waals surface area (Å²) in [6.45, 7) is 15.4. The van der Waals surface area contributed by atoms with Crippen molar-refractivity contribution in [2.45, 2.75) is 85.1 Å². The van der Waals surface area contributed by atoms with Gasteiger partial charge in [0.25, 0.3) is 0 Å². The first-order chi connectivity index (χ1) is 21.6. The van der Waals surface area contributed by atoms with Gasteiger partial charge in [0.15, 0.2) is 0 Å². The van der Waals surface area contributed by atoms with Crippen LogP contribution in [0.1, 0.15) is 98.2 Å². The van der Waals surface area contributed by atoms with E-state index >= 15 is 0 Å². The van der Waals surface area contributed by atoms with Gasteiger partial charge >= 0.3 is 11.9 Å². The minimum absolute atomic E-state index is 0.0553. The average Bonchev–Trinajstić information content (AvgIpc) is 3.03. The number of carbonyl (C=O) groups is 2. The normalized spacial score (nSPS) is 12.2. The molecule has 0 aliphatic heterocycles. The van der Waals surface area contributed by atoms with E-state index in [2.05, 4.69) is 86.4 Å². The highest BCUT2D eigenvalue weighted by molar-refractivity contribution is 5.89. The number of carbonyl (C=O) groups excluding carboxylic acids is 2. The van der Waals surface area contributed by atoms with E-state index in [0.717, 1.165) is 49.2 Å². The van der Waals surface area contributed by atoms with Crippen molar-refractivity contribution in [2.24, 2.45) is 0 Å². The van der Waals surface area contributed by atoms with Crippen molar-refractivity contribution < 1.29 is 23.8 Å². The molecular formula is C38H52N2O5. The molecule has 1 N–H and O–H groups in total. The number of hydrogen-bond donors (Lipinski definition) is 1. The summed E-state index contributed by atoms with van der Waals surface area (Å²) in [5.41, 5.74) is 6.46. The second kappa shape index (κ2) is 18.4. The molecule has 0 radical (unpaired) electrons. The Morgan fingerprint density at radius 2 is 1.62 bits per heavy atom. The van der Waals surface area contributed by atoms with Gasteiger partial charge in [-0.25, -0.2) is 4.79 Å². The summed E-state index contributed by atoms with van der Waals surface area (Å²) in [5.74, 6) is -0.502. The van der Waals surface area contributed by atoms with Gasteiger partial charge < -0.3 is 19.5 Å². The quantitative estimate of drug-likeness (QED) is 0.118. The lowest BCUT2D eigenvalue weighted by Crippen LogP contribution is -2.31. The van der Waals surface area contributed by atoms with Gasteiger partial charge in [-0.15, -0.1) is 0 Å². The Bertz CT molecular complexity index is 1330. The first kappa shape index (κ1) is 36.0. The summed E-state index contributed by atoms with van der Waals surface area (Å²) in [5, 5.41) is 3.43. The number of ether oxygens (including phenoxy) is 3. The summed E-state index contributed by atoms with van der Waals surface area (Å²) in [7, 11) is 1.39. The number of rotatable bonds is 18. The molecule has 0 unspecified atom stereocenters. The third-order valence-corrected chi connectivity index (χ3v) is 7.76. The third kappa shape index (κ3) is 12.4. The molecule has 3 aromatic carbocycles. The molecule has 0 fully saturated rings. The molecule has 0 aliphatic rings. The van der Waals surface area contributed by atoms with Gasteiger partial charge in [-0.3, -0.25) is 9.69 Å². The number of nitrogens with zero attached hydrogens (tertiary/aromatic N) is 1. The number of unbranched alkanes of at least 4 members (excludes halogenated alkanes) is 1. The minimum atomic E-state index is -0.348. The van der Waals surface area contributed by atoms with E-state index in [1.54, 1.807) is 12.1 Å². The van der Waals surface area contributed by atoms with Crippen molar-refractivity contribution >= 4 is 11.9 Å². The van der Waals surface area contributed by atoms with Crippen molar-refractivity contribution in [3.8, 4) is 0 Å². The molecule has 0 amide bonds. The SMILES string of the molecule is CCNCc1cccc([C@H](CN(CCCCC(=O)OCC)Cc2ccc(C(=O)OC)cc2)OCc2cccc(C(C)(C)C)c2)c1. The molecular weight excluding hydrogens is 564 g/mol. The molecule has 0 saturated carbocycles.